The molecule has 5 nitrogen and oxygen atoms in total. The van der Waals surface area contributed by atoms with Crippen LogP contribution in [0.2, 0.25) is 0 Å². The maximum absolute atomic E-state index is 14.1. The molecule has 0 unspecified atom stereocenters. The minimum atomic E-state index is -3.70. The molecule has 2 rings (SSSR count). The van der Waals surface area contributed by atoms with Crippen molar-refractivity contribution in [3.8, 4) is 17.2 Å². The number of nitrogens with one attached hydrogen (secondary N) is 1. The summed E-state index contributed by atoms with van der Waals surface area (Å²) in [6.07, 6.45) is 2.62. The summed E-state index contributed by atoms with van der Waals surface area (Å²) in [7, 11) is -3.70. The van der Waals surface area contributed by atoms with Crippen molar-refractivity contribution in [2.24, 2.45) is 0 Å². The summed E-state index contributed by atoms with van der Waals surface area (Å²) < 4.78 is 42.0. The molecule has 0 amide bonds. The fraction of sp³-hybridized carbons (Fsp3) is 0.350. The van der Waals surface area contributed by atoms with Crippen molar-refractivity contribution >= 4 is 10.0 Å². The summed E-state index contributed by atoms with van der Waals surface area (Å²) >= 11 is 0. The highest BCUT2D eigenvalue weighted by atomic mass is 32.2. The number of benzene rings is 2. The third kappa shape index (κ3) is 5.60. The van der Waals surface area contributed by atoms with Crippen LogP contribution < -0.4 is 4.72 Å². The maximum atomic E-state index is 14.1. The Morgan fingerprint density at radius 2 is 1.89 bits per heavy atom. The van der Waals surface area contributed by atoms with Crippen LogP contribution in [-0.2, 0) is 10.0 Å². The number of hydrogen-bond donors (Lipinski definition) is 2. The lowest BCUT2D eigenvalue weighted by atomic mass is 10.0. The predicted octanol–water partition coefficient (Wildman–Crippen LogP) is 3.58. The molecule has 2 aromatic rings. The van der Waals surface area contributed by atoms with E-state index in [0.29, 0.717) is 30.4 Å². The Labute approximate surface area is 159 Å². The second kappa shape index (κ2) is 9.60. The first-order valence-corrected chi connectivity index (χ1v) is 10.3. The first-order chi connectivity index (χ1) is 12.9. The Morgan fingerprint density at radius 3 is 2.44 bits per heavy atom. The van der Waals surface area contributed by atoms with Crippen molar-refractivity contribution in [3.63, 3.8) is 0 Å². The van der Waals surface area contributed by atoms with E-state index in [1.807, 2.05) is 13.0 Å². The Hall–Kier alpha value is -2.27. The molecule has 0 fully saturated rings. The van der Waals surface area contributed by atoms with Crippen LogP contribution in [0, 0.1) is 17.1 Å². The van der Waals surface area contributed by atoms with Crippen molar-refractivity contribution in [3.05, 3.63) is 53.8 Å². The van der Waals surface area contributed by atoms with Crippen molar-refractivity contribution in [2.45, 2.75) is 43.5 Å². The fourth-order valence-electron chi connectivity index (χ4n) is 2.87. The van der Waals surface area contributed by atoms with Crippen LogP contribution in [0.3, 0.4) is 0 Å². The highest BCUT2D eigenvalue weighted by molar-refractivity contribution is 7.89. The molecule has 0 saturated heterocycles. The van der Waals surface area contributed by atoms with Crippen LogP contribution in [0.25, 0.3) is 11.1 Å². The van der Waals surface area contributed by atoms with E-state index >= 15 is 0 Å². The van der Waals surface area contributed by atoms with E-state index in [-0.39, 0.29) is 23.1 Å². The molecule has 0 aliphatic rings. The van der Waals surface area contributed by atoms with Gasteiger partial charge < -0.3 is 5.11 Å². The number of nitriles is 1. The molecule has 0 saturated carbocycles. The molecule has 144 valence electrons. The first kappa shape index (κ1) is 21.0. The van der Waals surface area contributed by atoms with Crippen LogP contribution in [0.4, 0.5) is 4.39 Å². The molecule has 0 aliphatic carbocycles. The molecule has 7 heteroatoms. The standard InChI is InChI=1S/C20H23FN2O3S/c1-2-4-17(5-3-12-24)23-27(25,26)18-9-7-16(8-10-18)19-11-6-15(14-22)13-20(19)21/h6-11,13,17,23-24H,2-5,12H2,1H3/t17-/m1/s1. The summed E-state index contributed by atoms with van der Waals surface area (Å²) in [5.74, 6) is -0.533. The smallest absolute Gasteiger partial charge is 0.240 e. The molecule has 0 radical (unpaired) electrons. The minimum Gasteiger partial charge on any atom is -0.396 e. The molecular formula is C20H23FN2O3S. The zero-order valence-corrected chi connectivity index (χ0v) is 16.0. The second-order valence-corrected chi connectivity index (χ2v) is 8.02. The summed E-state index contributed by atoms with van der Waals surface area (Å²) in [6.45, 7) is 1.99. The van der Waals surface area contributed by atoms with Gasteiger partial charge in [0.25, 0.3) is 0 Å². The van der Waals surface area contributed by atoms with Gasteiger partial charge in [-0.25, -0.2) is 17.5 Å². The van der Waals surface area contributed by atoms with Gasteiger partial charge in [0, 0.05) is 18.2 Å². The number of aliphatic hydroxyl groups is 1. The minimum absolute atomic E-state index is 0.0206. The van der Waals surface area contributed by atoms with Gasteiger partial charge in [-0.15, -0.1) is 0 Å². The largest absolute Gasteiger partial charge is 0.396 e. The van der Waals surface area contributed by atoms with Gasteiger partial charge in [-0.3, -0.25) is 0 Å². The second-order valence-electron chi connectivity index (χ2n) is 6.30. The third-order valence-corrected chi connectivity index (χ3v) is 5.78. The zero-order chi connectivity index (χ0) is 19.9. The van der Waals surface area contributed by atoms with Gasteiger partial charge in [-0.2, -0.15) is 5.26 Å². The number of sulfonamides is 1. The third-order valence-electron chi connectivity index (χ3n) is 4.24. The monoisotopic (exact) mass is 390 g/mol. The Morgan fingerprint density at radius 1 is 1.19 bits per heavy atom. The van der Waals surface area contributed by atoms with Crippen molar-refractivity contribution in [2.75, 3.05) is 6.61 Å². The van der Waals surface area contributed by atoms with Gasteiger partial charge >= 0.3 is 0 Å². The van der Waals surface area contributed by atoms with Gasteiger partial charge in [0.2, 0.25) is 10.0 Å². The highest BCUT2D eigenvalue weighted by Crippen LogP contribution is 2.25. The van der Waals surface area contributed by atoms with Gasteiger partial charge in [-0.05, 0) is 49.1 Å². The number of halogens is 1. The Balaban J connectivity index is 2.21. The quantitative estimate of drug-likeness (QED) is 0.685. The SMILES string of the molecule is CCC[C@H](CCCO)NS(=O)(=O)c1ccc(-c2ccc(C#N)cc2F)cc1. The van der Waals surface area contributed by atoms with Gasteiger partial charge in [0.05, 0.1) is 16.5 Å². The molecule has 1 atom stereocenters. The zero-order valence-electron chi connectivity index (χ0n) is 15.2. The molecule has 2 N–H and O–H groups in total. The van der Waals surface area contributed by atoms with Crippen LogP contribution in [0.15, 0.2) is 47.4 Å². The topological polar surface area (TPSA) is 90.2 Å². The molecule has 0 bridgehead atoms. The fourth-order valence-corrected chi connectivity index (χ4v) is 4.17. The Bertz CT molecular complexity index is 906. The van der Waals surface area contributed by atoms with Crippen LogP contribution in [-0.4, -0.2) is 26.2 Å². The van der Waals surface area contributed by atoms with Crippen LogP contribution in [0.5, 0.6) is 0 Å². The van der Waals surface area contributed by atoms with E-state index < -0.39 is 15.8 Å². The average molecular weight is 390 g/mol. The predicted molar refractivity (Wildman–Crippen MR) is 102 cm³/mol. The molecule has 0 heterocycles. The lowest BCUT2D eigenvalue weighted by Gasteiger charge is -2.18. The van der Waals surface area contributed by atoms with Crippen LogP contribution in [0.1, 0.15) is 38.2 Å². The molecule has 2 aromatic carbocycles. The summed E-state index contributed by atoms with van der Waals surface area (Å²) in [5, 5.41) is 17.8. The number of nitrogens with zero attached hydrogens (tertiary/aromatic N) is 1. The van der Waals surface area contributed by atoms with Crippen molar-refractivity contribution in [1.29, 1.82) is 5.26 Å². The summed E-state index contributed by atoms with van der Waals surface area (Å²) in [4.78, 5) is 0.102. The van der Waals surface area contributed by atoms with E-state index in [9.17, 15) is 12.8 Å². The van der Waals surface area contributed by atoms with Gasteiger partial charge in [-0.1, -0.05) is 31.5 Å². The average Bonchev–Trinajstić information content (AvgIpc) is 2.66. The van der Waals surface area contributed by atoms with Crippen LogP contribution >= 0.6 is 0 Å². The van der Waals surface area contributed by atoms with E-state index in [1.165, 1.54) is 24.3 Å². The molecule has 27 heavy (non-hydrogen) atoms. The summed E-state index contributed by atoms with van der Waals surface area (Å²) in [5.41, 5.74) is 1.06. The number of rotatable bonds is 9. The lowest BCUT2D eigenvalue weighted by molar-refractivity contribution is 0.276. The lowest BCUT2D eigenvalue weighted by Crippen LogP contribution is -2.34. The van der Waals surface area contributed by atoms with E-state index in [4.69, 9.17) is 10.4 Å². The normalized spacial score (nSPS) is 12.5. The van der Waals surface area contributed by atoms with Crippen molar-refractivity contribution < 1.29 is 17.9 Å². The van der Waals surface area contributed by atoms with E-state index in [1.54, 1.807) is 12.1 Å². The maximum Gasteiger partial charge on any atom is 0.240 e. The molecule has 0 spiro atoms. The molecule has 0 aromatic heterocycles. The molecule has 0 aliphatic heterocycles. The summed E-state index contributed by atoms with van der Waals surface area (Å²) in [6, 6.07) is 11.8. The Kier molecular flexibility index (Phi) is 7.48. The van der Waals surface area contributed by atoms with Crippen molar-refractivity contribution in [1.82, 2.24) is 4.72 Å². The van der Waals surface area contributed by atoms with Gasteiger partial charge in [0.15, 0.2) is 0 Å². The van der Waals surface area contributed by atoms with E-state index in [0.717, 1.165) is 12.5 Å². The first-order valence-electron chi connectivity index (χ1n) is 8.84. The number of hydrogen-bond acceptors (Lipinski definition) is 4. The molecular weight excluding hydrogens is 367 g/mol. The van der Waals surface area contributed by atoms with E-state index in [2.05, 4.69) is 4.72 Å². The number of aliphatic hydroxyl groups excluding tert-OH is 1. The highest BCUT2D eigenvalue weighted by Gasteiger charge is 2.19. The van der Waals surface area contributed by atoms with Gasteiger partial charge in [0.1, 0.15) is 5.82 Å².